The van der Waals surface area contributed by atoms with Gasteiger partial charge in [-0.1, -0.05) is 12.8 Å². The van der Waals surface area contributed by atoms with Crippen LogP contribution in [0.15, 0.2) is 0 Å². The van der Waals surface area contributed by atoms with Crippen molar-refractivity contribution in [3.63, 3.8) is 0 Å². The van der Waals surface area contributed by atoms with Gasteiger partial charge < -0.3 is 10.5 Å². The molecule has 1 unspecified atom stereocenters. The van der Waals surface area contributed by atoms with Crippen molar-refractivity contribution >= 4 is 0 Å². The van der Waals surface area contributed by atoms with Gasteiger partial charge in [0.2, 0.25) is 0 Å². The number of nitrogens with two attached hydrogens (primary N) is 1. The highest BCUT2D eigenvalue weighted by molar-refractivity contribution is 4.95. The monoisotopic (exact) mass is 226 g/mol. The highest BCUT2D eigenvalue weighted by Gasteiger charge is 2.37. The molecule has 0 bridgehead atoms. The van der Waals surface area contributed by atoms with E-state index in [1.807, 2.05) is 0 Å². The maximum atomic E-state index is 5.99. The van der Waals surface area contributed by atoms with Gasteiger partial charge in [-0.15, -0.1) is 0 Å². The van der Waals surface area contributed by atoms with E-state index in [2.05, 4.69) is 11.9 Å². The molecule has 1 aliphatic heterocycles. The summed E-state index contributed by atoms with van der Waals surface area (Å²) < 4.78 is 5.82. The van der Waals surface area contributed by atoms with E-state index in [4.69, 9.17) is 10.5 Å². The molecule has 1 aliphatic carbocycles. The highest BCUT2D eigenvalue weighted by atomic mass is 16.5. The summed E-state index contributed by atoms with van der Waals surface area (Å²) in [4.78, 5) is 2.48. The third-order valence-electron chi connectivity index (χ3n) is 4.48. The molecule has 1 saturated carbocycles. The van der Waals surface area contributed by atoms with Crippen LogP contribution < -0.4 is 5.73 Å². The number of ether oxygens (including phenoxy) is 1. The van der Waals surface area contributed by atoms with E-state index in [-0.39, 0.29) is 5.54 Å². The minimum absolute atomic E-state index is 0.279. The molecule has 2 rings (SSSR count). The van der Waals surface area contributed by atoms with Crippen LogP contribution in [0.1, 0.15) is 44.9 Å². The minimum Gasteiger partial charge on any atom is -0.377 e. The van der Waals surface area contributed by atoms with Crippen LogP contribution >= 0.6 is 0 Å². The summed E-state index contributed by atoms with van der Waals surface area (Å²) in [6.07, 6.45) is 9.46. The van der Waals surface area contributed by atoms with E-state index < -0.39 is 0 Å². The van der Waals surface area contributed by atoms with Crippen LogP contribution in [0, 0.1) is 0 Å². The van der Waals surface area contributed by atoms with Crippen molar-refractivity contribution in [2.75, 3.05) is 26.7 Å². The molecule has 1 saturated heterocycles. The summed E-state index contributed by atoms with van der Waals surface area (Å²) in [6, 6.07) is 0. The predicted octanol–water partition coefficient (Wildman–Crippen LogP) is 1.76. The normalized spacial score (nSPS) is 29.8. The molecule has 2 aliphatic rings. The van der Waals surface area contributed by atoms with Crippen molar-refractivity contribution in [3.8, 4) is 0 Å². The second-order valence-corrected chi connectivity index (χ2v) is 5.50. The Kier molecular flexibility index (Phi) is 4.22. The number of nitrogens with zero attached hydrogens (tertiary/aromatic N) is 1. The zero-order valence-electron chi connectivity index (χ0n) is 10.6. The first-order valence-corrected chi connectivity index (χ1v) is 6.80. The molecule has 0 aromatic rings. The SMILES string of the molecule is CN(CC1CCCCO1)C1(CN)CCCC1. The average molecular weight is 226 g/mol. The van der Waals surface area contributed by atoms with Crippen molar-refractivity contribution in [1.82, 2.24) is 4.90 Å². The summed E-state index contributed by atoms with van der Waals surface area (Å²) in [7, 11) is 2.23. The number of likely N-dealkylation sites (N-methyl/N-ethyl adjacent to an activating group) is 1. The summed E-state index contributed by atoms with van der Waals surface area (Å²) in [5, 5.41) is 0. The molecule has 0 aromatic carbocycles. The lowest BCUT2D eigenvalue weighted by Crippen LogP contribution is -2.52. The van der Waals surface area contributed by atoms with E-state index in [0.29, 0.717) is 6.10 Å². The number of hydrogen-bond acceptors (Lipinski definition) is 3. The van der Waals surface area contributed by atoms with Gasteiger partial charge in [-0.3, -0.25) is 4.90 Å². The molecule has 16 heavy (non-hydrogen) atoms. The van der Waals surface area contributed by atoms with Gasteiger partial charge in [-0.2, -0.15) is 0 Å². The van der Waals surface area contributed by atoms with E-state index in [1.54, 1.807) is 0 Å². The molecule has 0 aromatic heterocycles. The van der Waals surface area contributed by atoms with Gasteiger partial charge in [0.15, 0.2) is 0 Å². The Morgan fingerprint density at radius 2 is 2.00 bits per heavy atom. The quantitative estimate of drug-likeness (QED) is 0.794. The van der Waals surface area contributed by atoms with Crippen LogP contribution in [-0.2, 0) is 4.74 Å². The van der Waals surface area contributed by atoms with Crippen molar-refractivity contribution in [1.29, 1.82) is 0 Å². The summed E-state index contributed by atoms with van der Waals surface area (Å²) in [5.74, 6) is 0. The van der Waals surface area contributed by atoms with Crippen LogP contribution in [0.3, 0.4) is 0 Å². The average Bonchev–Trinajstić information content (AvgIpc) is 2.80. The molecular formula is C13H26N2O. The summed E-state index contributed by atoms with van der Waals surface area (Å²) in [5.41, 5.74) is 6.27. The second-order valence-electron chi connectivity index (χ2n) is 5.50. The second kappa shape index (κ2) is 5.48. The Hall–Kier alpha value is -0.120. The first-order valence-electron chi connectivity index (χ1n) is 6.80. The summed E-state index contributed by atoms with van der Waals surface area (Å²) >= 11 is 0. The molecule has 2 N–H and O–H groups in total. The van der Waals surface area contributed by atoms with Crippen LogP contribution in [0.25, 0.3) is 0 Å². The smallest absolute Gasteiger partial charge is 0.0702 e. The van der Waals surface area contributed by atoms with Crippen LogP contribution in [0.5, 0.6) is 0 Å². The van der Waals surface area contributed by atoms with Gasteiger partial charge in [0.1, 0.15) is 0 Å². The van der Waals surface area contributed by atoms with Crippen LogP contribution in [0.2, 0.25) is 0 Å². The Bertz CT molecular complexity index is 208. The zero-order valence-corrected chi connectivity index (χ0v) is 10.6. The Morgan fingerprint density at radius 1 is 1.25 bits per heavy atom. The third-order valence-corrected chi connectivity index (χ3v) is 4.48. The fourth-order valence-corrected chi connectivity index (χ4v) is 3.23. The van der Waals surface area contributed by atoms with Crippen molar-refractivity contribution in [2.24, 2.45) is 5.73 Å². The standard InChI is InChI=1S/C13H26N2O/c1-15(10-12-6-2-5-9-16-12)13(11-14)7-3-4-8-13/h12H,2-11,14H2,1H3. The first-order chi connectivity index (χ1) is 7.77. The zero-order chi connectivity index (χ0) is 11.4. The molecular weight excluding hydrogens is 200 g/mol. The number of hydrogen-bond donors (Lipinski definition) is 1. The molecule has 0 radical (unpaired) electrons. The van der Waals surface area contributed by atoms with Gasteiger partial charge in [-0.25, -0.2) is 0 Å². The molecule has 1 heterocycles. The van der Waals surface area contributed by atoms with E-state index >= 15 is 0 Å². The number of rotatable bonds is 4. The van der Waals surface area contributed by atoms with E-state index in [1.165, 1.54) is 44.9 Å². The van der Waals surface area contributed by atoms with Crippen molar-refractivity contribution < 1.29 is 4.74 Å². The molecule has 0 amide bonds. The Morgan fingerprint density at radius 3 is 2.56 bits per heavy atom. The molecule has 94 valence electrons. The molecule has 3 heteroatoms. The van der Waals surface area contributed by atoms with Crippen LogP contribution in [0.4, 0.5) is 0 Å². The third kappa shape index (κ3) is 2.58. The molecule has 3 nitrogen and oxygen atoms in total. The van der Waals surface area contributed by atoms with E-state index in [9.17, 15) is 0 Å². The Labute approximate surface area is 99.3 Å². The van der Waals surface area contributed by atoms with Gasteiger partial charge >= 0.3 is 0 Å². The van der Waals surface area contributed by atoms with Gasteiger partial charge in [0.25, 0.3) is 0 Å². The maximum absolute atomic E-state index is 5.99. The fraction of sp³-hybridized carbons (Fsp3) is 1.00. The maximum Gasteiger partial charge on any atom is 0.0702 e. The lowest BCUT2D eigenvalue weighted by molar-refractivity contribution is -0.0216. The summed E-state index contributed by atoms with van der Waals surface area (Å²) in [6.45, 7) is 2.82. The fourth-order valence-electron chi connectivity index (χ4n) is 3.23. The van der Waals surface area contributed by atoms with Gasteiger partial charge in [0, 0.05) is 25.2 Å². The largest absolute Gasteiger partial charge is 0.377 e. The van der Waals surface area contributed by atoms with E-state index in [0.717, 1.165) is 19.7 Å². The lowest BCUT2D eigenvalue weighted by Gasteiger charge is -2.40. The molecule has 1 atom stereocenters. The van der Waals surface area contributed by atoms with Gasteiger partial charge in [0.05, 0.1) is 6.10 Å². The molecule has 0 spiro atoms. The van der Waals surface area contributed by atoms with Gasteiger partial charge in [-0.05, 0) is 39.2 Å². The lowest BCUT2D eigenvalue weighted by atomic mass is 9.95. The highest BCUT2D eigenvalue weighted by Crippen LogP contribution is 2.34. The molecule has 2 fully saturated rings. The first kappa shape index (κ1) is 12.3. The van der Waals surface area contributed by atoms with Crippen LogP contribution in [-0.4, -0.2) is 43.3 Å². The minimum atomic E-state index is 0.279. The topological polar surface area (TPSA) is 38.5 Å². The predicted molar refractivity (Wildman–Crippen MR) is 66.5 cm³/mol. The Balaban J connectivity index is 1.87. The van der Waals surface area contributed by atoms with Crippen molar-refractivity contribution in [2.45, 2.75) is 56.6 Å². The van der Waals surface area contributed by atoms with Crippen molar-refractivity contribution in [3.05, 3.63) is 0 Å².